The maximum atomic E-state index is 12.9. The summed E-state index contributed by atoms with van der Waals surface area (Å²) in [6.45, 7) is 0.283. The van der Waals surface area contributed by atoms with Crippen LogP contribution in [0.3, 0.4) is 0 Å². The third-order valence-electron chi connectivity index (χ3n) is 2.21. The lowest BCUT2D eigenvalue weighted by Gasteiger charge is -2.03. The highest BCUT2D eigenvalue weighted by atomic mass is 19.1. The van der Waals surface area contributed by atoms with Gasteiger partial charge in [-0.3, -0.25) is 4.79 Å². The van der Waals surface area contributed by atoms with Crippen molar-refractivity contribution in [3.8, 4) is 0 Å². The summed E-state index contributed by atoms with van der Waals surface area (Å²) in [5.74, 6) is -0.450. The zero-order chi connectivity index (χ0) is 11.5. The van der Waals surface area contributed by atoms with E-state index in [0.717, 1.165) is 4.68 Å². The number of nitrogens with zero attached hydrogens (tertiary/aromatic N) is 3. The predicted molar refractivity (Wildman–Crippen MR) is 55.5 cm³/mol. The van der Waals surface area contributed by atoms with Crippen molar-refractivity contribution in [2.24, 2.45) is 0 Å². The zero-order valence-corrected chi connectivity index (χ0v) is 8.43. The van der Waals surface area contributed by atoms with Crippen molar-refractivity contribution in [3.05, 3.63) is 34.4 Å². The van der Waals surface area contributed by atoms with Crippen LogP contribution in [0.4, 0.5) is 4.39 Å². The summed E-state index contributed by atoms with van der Waals surface area (Å²) in [6.07, 6.45) is 0.432. The maximum absolute atomic E-state index is 12.9. The number of halogens is 1. The van der Waals surface area contributed by atoms with Gasteiger partial charge in [-0.15, -0.1) is 5.10 Å². The third kappa shape index (κ3) is 1.92. The Morgan fingerprint density at radius 1 is 1.44 bits per heavy atom. The first-order chi connectivity index (χ1) is 7.72. The molecule has 0 aliphatic rings. The summed E-state index contributed by atoms with van der Waals surface area (Å²) in [7, 11) is 0. The molecule has 0 spiro atoms. The summed E-state index contributed by atoms with van der Waals surface area (Å²) < 4.78 is 14.0. The number of aliphatic hydroxyl groups excluding tert-OH is 1. The fraction of sp³-hybridized carbons (Fsp3) is 0.300. The second-order valence-electron chi connectivity index (χ2n) is 3.36. The molecule has 0 aliphatic heterocycles. The van der Waals surface area contributed by atoms with Crippen LogP contribution in [0.5, 0.6) is 0 Å². The van der Waals surface area contributed by atoms with E-state index in [0.29, 0.717) is 18.4 Å². The number of aliphatic hydroxyl groups is 1. The van der Waals surface area contributed by atoms with E-state index in [2.05, 4.69) is 10.3 Å². The standard InChI is InChI=1S/C10H10FN3O2/c11-7-2-3-8-9(6-7)12-13-14(10(8)16)4-1-5-15/h2-3,6,15H,1,4-5H2. The van der Waals surface area contributed by atoms with Gasteiger partial charge < -0.3 is 5.11 Å². The van der Waals surface area contributed by atoms with E-state index in [1.165, 1.54) is 18.2 Å². The molecule has 6 heteroatoms. The third-order valence-corrected chi connectivity index (χ3v) is 2.21. The number of hydrogen-bond donors (Lipinski definition) is 1. The van der Waals surface area contributed by atoms with Crippen molar-refractivity contribution < 1.29 is 9.50 Å². The SMILES string of the molecule is O=c1c2ccc(F)cc2nnn1CCCO. The van der Waals surface area contributed by atoms with Gasteiger partial charge in [0, 0.05) is 19.2 Å². The van der Waals surface area contributed by atoms with Crippen molar-refractivity contribution in [3.63, 3.8) is 0 Å². The molecule has 5 nitrogen and oxygen atoms in total. The molecule has 16 heavy (non-hydrogen) atoms. The molecule has 0 amide bonds. The molecule has 2 rings (SSSR count). The van der Waals surface area contributed by atoms with Gasteiger partial charge >= 0.3 is 0 Å². The zero-order valence-electron chi connectivity index (χ0n) is 8.43. The number of hydrogen-bond acceptors (Lipinski definition) is 4. The van der Waals surface area contributed by atoms with E-state index >= 15 is 0 Å². The Morgan fingerprint density at radius 2 is 2.25 bits per heavy atom. The van der Waals surface area contributed by atoms with E-state index in [9.17, 15) is 9.18 Å². The molecule has 0 aliphatic carbocycles. The Hall–Kier alpha value is -1.82. The van der Waals surface area contributed by atoms with E-state index in [-0.39, 0.29) is 17.7 Å². The minimum absolute atomic E-state index is 0.0183. The Labute approximate surface area is 90.1 Å². The topological polar surface area (TPSA) is 68.0 Å². The van der Waals surface area contributed by atoms with E-state index in [1.54, 1.807) is 0 Å². The lowest BCUT2D eigenvalue weighted by atomic mass is 10.2. The van der Waals surface area contributed by atoms with Crippen LogP contribution >= 0.6 is 0 Å². The molecule has 0 fully saturated rings. The number of aromatic nitrogens is 3. The van der Waals surface area contributed by atoms with Gasteiger partial charge in [-0.05, 0) is 18.6 Å². The van der Waals surface area contributed by atoms with Gasteiger partial charge in [0.15, 0.2) is 0 Å². The summed E-state index contributed by atoms with van der Waals surface area (Å²) in [6, 6.07) is 3.76. The van der Waals surface area contributed by atoms with E-state index in [1.807, 2.05) is 0 Å². The first-order valence-corrected chi connectivity index (χ1v) is 4.86. The summed E-state index contributed by atoms with van der Waals surface area (Å²) in [5, 5.41) is 16.4. The fourth-order valence-electron chi connectivity index (χ4n) is 1.42. The average Bonchev–Trinajstić information content (AvgIpc) is 2.28. The molecular formula is C10H10FN3O2. The monoisotopic (exact) mass is 223 g/mol. The van der Waals surface area contributed by atoms with Crippen LogP contribution in [0.15, 0.2) is 23.0 Å². The van der Waals surface area contributed by atoms with Crippen LogP contribution in [0, 0.1) is 5.82 Å². The molecule has 0 saturated heterocycles. The normalized spacial score (nSPS) is 10.9. The van der Waals surface area contributed by atoms with Gasteiger partial charge in [-0.25, -0.2) is 9.07 Å². The number of rotatable bonds is 3. The van der Waals surface area contributed by atoms with Gasteiger partial charge in [-0.1, -0.05) is 5.21 Å². The second kappa shape index (κ2) is 4.36. The van der Waals surface area contributed by atoms with Crippen LogP contribution in [0.1, 0.15) is 6.42 Å². The maximum Gasteiger partial charge on any atom is 0.277 e. The highest BCUT2D eigenvalue weighted by Crippen LogP contribution is 2.07. The second-order valence-corrected chi connectivity index (χ2v) is 3.36. The number of benzene rings is 1. The molecule has 0 saturated carbocycles. The molecule has 84 valence electrons. The molecule has 1 heterocycles. The van der Waals surface area contributed by atoms with Crippen molar-refractivity contribution in [1.82, 2.24) is 15.0 Å². The average molecular weight is 223 g/mol. The predicted octanol–water partition coefficient (Wildman–Crippen LogP) is 0.313. The molecule has 1 aromatic carbocycles. The van der Waals surface area contributed by atoms with Crippen molar-refractivity contribution in [1.29, 1.82) is 0 Å². The van der Waals surface area contributed by atoms with Gasteiger partial charge in [0.25, 0.3) is 5.56 Å². The number of aryl methyl sites for hydroxylation is 1. The number of fused-ring (bicyclic) bond motifs is 1. The molecule has 2 aromatic rings. The molecule has 1 N–H and O–H groups in total. The Balaban J connectivity index is 2.53. The summed E-state index contributed by atoms with van der Waals surface area (Å²) >= 11 is 0. The quantitative estimate of drug-likeness (QED) is 0.813. The van der Waals surface area contributed by atoms with Crippen molar-refractivity contribution >= 4 is 10.9 Å². The smallest absolute Gasteiger partial charge is 0.277 e. The molecule has 0 unspecified atom stereocenters. The highest BCUT2D eigenvalue weighted by Gasteiger charge is 2.05. The lowest BCUT2D eigenvalue weighted by Crippen LogP contribution is -2.24. The van der Waals surface area contributed by atoms with Crippen LogP contribution in [-0.4, -0.2) is 26.7 Å². The largest absolute Gasteiger partial charge is 0.396 e. The molecule has 1 aromatic heterocycles. The van der Waals surface area contributed by atoms with Crippen LogP contribution in [-0.2, 0) is 6.54 Å². The lowest BCUT2D eigenvalue weighted by molar-refractivity contribution is 0.274. The molecule has 0 atom stereocenters. The summed E-state index contributed by atoms with van der Waals surface area (Å²) in [5.41, 5.74) is -0.0799. The molecule has 0 radical (unpaired) electrons. The van der Waals surface area contributed by atoms with Gasteiger partial charge in [0.2, 0.25) is 0 Å². The Morgan fingerprint density at radius 3 is 3.00 bits per heavy atom. The van der Waals surface area contributed by atoms with Crippen molar-refractivity contribution in [2.45, 2.75) is 13.0 Å². The Kier molecular flexibility index (Phi) is 2.91. The highest BCUT2D eigenvalue weighted by molar-refractivity contribution is 5.76. The van der Waals surface area contributed by atoms with Crippen LogP contribution in [0.25, 0.3) is 10.9 Å². The van der Waals surface area contributed by atoms with Gasteiger partial charge in [0.1, 0.15) is 11.3 Å². The summed E-state index contributed by atoms with van der Waals surface area (Å²) in [4.78, 5) is 11.8. The van der Waals surface area contributed by atoms with Crippen LogP contribution in [0.2, 0.25) is 0 Å². The van der Waals surface area contributed by atoms with Gasteiger partial charge in [0.05, 0.1) is 5.39 Å². The molecule has 0 bridgehead atoms. The fourth-order valence-corrected chi connectivity index (χ4v) is 1.42. The van der Waals surface area contributed by atoms with Crippen LogP contribution < -0.4 is 5.56 Å². The molecular weight excluding hydrogens is 213 g/mol. The first-order valence-electron chi connectivity index (χ1n) is 4.86. The minimum atomic E-state index is -0.450. The Bertz CT molecular complexity index is 567. The van der Waals surface area contributed by atoms with Gasteiger partial charge in [-0.2, -0.15) is 0 Å². The first kappa shape index (κ1) is 10.7. The minimum Gasteiger partial charge on any atom is -0.396 e. The van der Waals surface area contributed by atoms with E-state index < -0.39 is 5.82 Å². The van der Waals surface area contributed by atoms with E-state index in [4.69, 9.17) is 5.11 Å². The van der Waals surface area contributed by atoms with Crippen molar-refractivity contribution in [2.75, 3.05) is 6.61 Å².